The molecule has 1 aliphatic carbocycles. The van der Waals surface area contributed by atoms with Gasteiger partial charge in [0.15, 0.2) is 0 Å². The normalized spacial score (nSPS) is 27.3. The lowest BCUT2D eigenvalue weighted by atomic mass is 9.93. The molecule has 2 atom stereocenters. The smallest absolute Gasteiger partial charge is 0.334 e. The van der Waals surface area contributed by atoms with E-state index in [2.05, 4.69) is 0 Å². The maximum Gasteiger partial charge on any atom is 0.334 e. The second-order valence-electron chi connectivity index (χ2n) is 7.54. The maximum atomic E-state index is 12.2. The van der Waals surface area contributed by atoms with Crippen LogP contribution in [-0.2, 0) is 28.6 Å². The van der Waals surface area contributed by atoms with Crippen LogP contribution in [0.1, 0.15) is 59.8 Å². The number of carbonyl (C=O) groups excluding carboxylic acids is 3. The summed E-state index contributed by atoms with van der Waals surface area (Å²) in [5, 5.41) is 0. The quantitative estimate of drug-likeness (QED) is 0.393. The molecule has 6 nitrogen and oxygen atoms in total. The first-order valence-electron chi connectivity index (χ1n) is 9.92. The third kappa shape index (κ3) is 6.17. The van der Waals surface area contributed by atoms with Gasteiger partial charge in [-0.05, 0) is 63.7 Å². The Kier molecular flexibility index (Phi) is 8.00. The van der Waals surface area contributed by atoms with Gasteiger partial charge in [0, 0.05) is 24.5 Å². The minimum absolute atomic E-state index is 0.327. The predicted molar refractivity (Wildman–Crippen MR) is 109 cm³/mol. The summed E-state index contributed by atoms with van der Waals surface area (Å²) >= 11 is 0. The summed E-state index contributed by atoms with van der Waals surface area (Å²) < 4.78 is 16.0. The zero-order valence-electron chi connectivity index (χ0n) is 17.9. The van der Waals surface area contributed by atoms with E-state index < -0.39 is 12.2 Å². The Hall–Kier alpha value is -2.63. The van der Waals surface area contributed by atoms with Gasteiger partial charge < -0.3 is 14.2 Å². The van der Waals surface area contributed by atoms with E-state index >= 15 is 0 Å². The van der Waals surface area contributed by atoms with Gasteiger partial charge in [0.1, 0.15) is 12.2 Å². The van der Waals surface area contributed by atoms with Crippen LogP contribution in [0.4, 0.5) is 0 Å². The fraction of sp³-hybridized carbons (Fsp3) is 0.522. The molecule has 158 valence electrons. The molecular weight excluding hydrogens is 372 g/mol. The summed E-state index contributed by atoms with van der Waals surface area (Å²) in [5.74, 6) is -1.05. The molecule has 0 saturated carbocycles. The van der Waals surface area contributed by atoms with Crippen molar-refractivity contribution in [2.75, 3.05) is 7.11 Å². The van der Waals surface area contributed by atoms with Gasteiger partial charge in [0.25, 0.3) is 0 Å². The number of ether oxygens (including phenoxy) is 3. The highest BCUT2D eigenvalue weighted by Gasteiger charge is 2.32. The molecule has 0 fully saturated rings. The molecule has 0 radical (unpaired) electrons. The van der Waals surface area contributed by atoms with Gasteiger partial charge in [-0.25, -0.2) is 9.59 Å². The van der Waals surface area contributed by atoms with Gasteiger partial charge in [-0.15, -0.1) is 0 Å². The summed E-state index contributed by atoms with van der Waals surface area (Å²) in [6.07, 6.45) is 7.87. The van der Waals surface area contributed by atoms with Gasteiger partial charge in [-0.1, -0.05) is 17.7 Å². The lowest BCUT2D eigenvalue weighted by molar-refractivity contribution is -0.145. The lowest BCUT2D eigenvalue weighted by Gasteiger charge is -2.21. The summed E-state index contributed by atoms with van der Waals surface area (Å²) in [6, 6.07) is 0. The third-order valence-corrected chi connectivity index (χ3v) is 5.28. The largest absolute Gasteiger partial charge is 0.466 e. The van der Waals surface area contributed by atoms with Crippen LogP contribution in [0.3, 0.4) is 0 Å². The van der Waals surface area contributed by atoms with Gasteiger partial charge in [0.05, 0.1) is 7.11 Å². The average molecular weight is 402 g/mol. The van der Waals surface area contributed by atoms with Crippen molar-refractivity contribution in [3.8, 4) is 0 Å². The number of methoxy groups -OCH3 is 1. The molecule has 0 amide bonds. The summed E-state index contributed by atoms with van der Waals surface area (Å²) in [6.45, 7) is 6.99. The van der Waals surface area contributed by atoms with E-state index in [1.165, 1.54) is 14.0 Å². The zero-order chi connectivity index (χ0) is 21.6. The molecule has 29 heavy (non-hydrogen) atoms. The van der Waals surface area contributed by atoms with Crippen LogP contribution in [0.15, 0.2) is 46.1 Å². The van der Waals surface area contributed by atoms with Crippen LogP contribution in [0.5, 0.6) is 0 Å². The number of rotatable bonds is 2. The molecule has 0 spiro atoms. The van der Waals surface area contributed by atoms with Crippen LogP contribution in [0.25, 0.3) is 0 Å². The number of carbonyl (C=O) groups is 3. The average Bonchev–Trinajstić information content (AvgIpc) is 2.91. The Morgan fingerprint density at radius 3 is 2.45 bits per heavy atom. The fourth-order valence-corrected chi connectivity index (χ4v) is 3.54. The standard InChI is InChI=1S/C23H30O6/c1-14-8-6-10-18(23(26)27-5)11-7-9-15(2)20(28-17(4)24)13-19-16(3)22(25)29-21(19)12-14/h9-10,12,20-21H,6-8,11,13H2,1-5H3/b14-12+,15-9+,18-10?/t20-,21-/m0/s1. The molecule has 0 bridgehead atoms. The third-order valence-electron chi connectivity index (χ3n) is 5.28. The molecular formula is C23H30O6. The lowest BCUT2D eigenvalue weighted by Crippen LogP contribution is -2.21. The first kappa shape index (κ1) is 22.7. The number of hydrogen-bond acceptors (Lipinski definition) is 6. The van der Waals surface area contributed by atoms with Gasteiger partial charge in [0.2, 0.25) is 0 Å². The topological polar surface area (TPSA) is 78.9 Å². The van der Waals surface area contributed by atoms with E-state index in [1.807, 2.05) is 32.1 Å². The van der Waals surface area contributed by atoms with Crippen LogP contribution in [0, 0.1) is 0 Å². The van der Waals surface area contributed by atoms with Crippen molar-refractivity contribution in [1.29, 1.82) is 0 Å². The monoisotopic (exact) mass is 402 g/mol. The van der Waals surface area contributed by atoms with E-state index in [1.54, 1.807) is 6.92 Å². The van der Waals surface area contributed by atoms with Crippen molar-refractivity contribution >= 4 is 17.9 Å². The summed E-state index contributed by atoms with van der Waals surface area (Å²) in [5.41, 5.74) is 3.98. The maximum absolute atomic E-state index is 12.2. The minimum Gasteiger partial charge on any atom is -0.466 e. The van der Waals surface area contributed by atoms with E-state index in [0.29, 0.717) is 36.8 Å². The Bertz CT molecular complexity index is 796. The molecule has 1 aliphatic heterocycles. The highest BCUT2D eigenvalue weighted by atomic mass is 16.6. The fourth-order valence-electron chi connectivity index (χ4n) is 3.54. The SMILES string of the molecule is COC(=O)C1=CCC/C(C)=C/[C@@H]2OC(=O)C(C)=C2C[C@H](OC(C)=O)/C(C)=C/CC1. The van der Waals surface area contributed by atoms with Gasteiger partial charge in [-0.3, -0.25) is 4.79 Å². The Morgan fingerprint density at radius 1 is 1.10 bits per heavy atom. The molecule has 0 aromatic carbocycles. The second-order valence-corrected chi connectivity index (χ2v) is 7.54. The van der Waals surface area contributed by atoms with E-state index in [4.69, 9.17) is 14.2 Å². The molecule has 2 rings (SSSR count). The Balaban J connectivity index is 2.42. The number of esters is 3. The highest BCUT2D eigenvalue weighted by Crippen LogP contribution is 2.31. The van der Waals surface area contributed by atoms with Crippen molar-refractivity contribution in [3.05, 3.63) is 46.1 Å². The summed E-state index contributed by atoms with van der Waals surface area (Å²) in [7, 11) is 1.38. The van der Waals surface area contributed by atoms with Crippen molar-refractivity contribution in [1.82, 2.24) is 0 Å². The van der Waals surface area contributed by atoms with E-state index in [-0.39, 0.29) is 17.9 Å². The van der Waals surface area contributed by atoms with Crippen molar-refractivity contribution < 1.29 is 28.6 Å². The van der Waals surface area contributed by atoms with Crippen molar-refractivity contribution in [3.63, 3.8) is 0 Å². The second kappa shape index (κ2) is 10.2. The van der Waals surface area contributed by atoms with Gasteiger partial charge >= 0.3 is 17.9 Å². The first-order chi connectivity index (χ1) is 13.7. The molecule has 0 unspecified atom stereocenters. The van der Waals surface area contributed by atoms with Crippen molar-refractivity contribution in [2.24, 2.45) is 0 Å². The van der Waals surface area contributed by atoms with E-state index in [9.17, 15) is 14.4 Å². The van der Waals surface area contributed by atoms with E-state index in [0.717, 1.165) is 23.1 Å². The van der Waals surface area contributed by atoms with Crippen LogP contribution < -0.4 is 0 Å². The van der Waals surface area contributed by atoms with Crippen LogP contribution in [0.2, 0.25) is 0 Å². The Morgan fingerprint density at radius 2 is 1.79 bits per heavy atom. The highest BCUT2D eigenvalue weighted by molar-refractivity contribution is 5.92. The molecule has 0 aromatic heterocycles. The Labute approximate surface area is 172 Å². The first-order valence-corrected chi connectivity index (χ1v) is 9.92. The zero-order valence-corrected chi connectivity index (χ0v) is 17.9. The predicted octanol–water partition coefficient (Wildman–Crippen LogP) is 4.12. The molecule has 0 N–H and O–H groups in total. The van der Waals surface area contributed by atoms with Crippen LogP contribution in [-0.4, -0.2) is 37.2 Å². The molecule has 6 heteroatoms. The number of fused-ring (bicyclic) bond motifs is 1. The minimum atomic E-state index is -0.489. The van der Waals surface area contributed by atoms with Gasteiger partial charge in [-0.2, -0.15) is 0 Å². The number of hydrogen-bond donors (Lipinski definition) is 0. The summed E-state index contributed by atoms with van der Waals surface area (Å²) in [4.78, 5) is 35.9. The number of allylic oxidation sites excluding steroid dienone is 3. The molecule has 1 heterocycles. The molecule has 2 aliphatic rings. The molecule has 0 saturated heterocycles. The molecule has 0 aromatic rings. The van der Waals surface area contributed by atoms with Crippen molar-refractivity contribution in [2.45, 2.75) is 72.0 Å². The van der Waals surface area contributed by atoms with Crippen LogP contribution >= 0.6 is 0 Å².